The van der Waals surface area contributed by atoms with Gasteiger partial charge in [0.25, 0.3) is 5.91 Å². The van der Waals surface area contributed by atoms with Crippen molar-refractivity contribution in [1.82, 2.24) is 15.0 Å². The lowest BCUT2D eigenvalue weighted by atomic mass is 9.84. The predicted molar refractivity (Wildman–Crippen MR) is 122 cm³/mol. The molecule has 3 aromatic rings. The highest BCUT2D eigenvalue weighted by molar-refractivity contribution is 6.01. The normalized spacial score (nSPS) is 15.5. The van der Waals surface area contributed by atoms with Gasteiger partial charge >= 0.3 is 0 Å². The molecule has 0 aliphatic heterocycles. The van der Waals surface area contributed by atoms with Crippen molar-refractivity contribution >= 4 is 22.7 Å². The number of rotatable bonds is 5. The van der Waals surface area contributed by atoms with E-state index in [0.717, 1.165) is 34.7 Å². The Hall–Kier alpha value is -2.95. The minimum atomic E-state index is -0.223. The summed E-state index contributed by atoms with van der Waals surface area (Å²) in [6.07, 6.45) is 6.63. The van der Waals surface area contributed by atoms with E-state index in [9.17, 15) is 4.79 Å². The molecule has 0 unspecified atom stereocenters. The molecule has 2 aromatic carbocycles. The first-order valence-electron chi connectivity index (χ1n) is 11.0. The molecular weight excluding hydrogens is 372 g/mol. The average molecular weight is 403 g/mol. The van der Waals surface area contributed by atoms with Crippen LogP contribution in [0.15, 0.2) is 47.6 Å². The van der Waals surface area contributed by atoms with E-state index >= 15 is 0 Å². The summed E-state index contributed by atoms with van der Waals surface area (Å²) in [6.45, 7) is 6.85. The van der Waals surface area contributed by atoms with E-state index in [2.05, 4.69) is 51.3 Å². The van der Waals surface area contributed by atoms with Gasteiger partial charge in [0.2, 0.25) is 0 Å². The molecule has 1 aromatic heterocycles. The molecule has 5 nitrogen and oxygen atoms in total. The van der Waals surface area contributed by atoms with Crippen molar-refractivity contribution in [1.29, 1.82) is 0 Å². The first kappa shape index (κ1) is 20.3. The number of nitrogens with one attached hydrogen (secondary N) is 1. The van der Waals surface area contributed by atoms with Crippen LogP contribution in [0.2, 0.25) is 0 Å². The number of imidazole rings is 1. The molecule has 1 amide bonds. The Morgan fingerprint density at radius 3 is 2.50 bits per heavy atom. The fourth-order valence-electron chi connectivity index (χ4n) is 4.49. The van der Waals surface area contributed by atoms with Crippen LogP contribution in [0.4, 0.5) is 0 Å². The molecule has 0 atom stereocenters. The van der Waals surface area contributed by atoms with E-state index in [1.54, 1.807) is 0 Å². The Bertz CT molecular complexity index is 1070. The number of benzene rings is 2. The van der Waals surface area contributed by atoms with Gasteiger partial charge in [-0.3, -0.25) is 4.79 Å². The Morgan fingerprint density at radius 1 is 1.10 bits per heavy atom. The fourth-order valence-corrected chi connectivity index (χ4v) is 4.49. The van der Waals surface area contributed by atoms with Crippen LogP contribution in [0.25, 0.3) is 11.0 Å². The number of aryl methyl sites for hydroxylation is 2. The number of hydrogen-bond donors (Lipinski definition) is 1. The molecule has 156 valence electrons. The second kappa shape index (κ2) is 8.82. The Kier molecular flexibility index (Phi) is 5.98. The van der Waals surface area contributed by atoms with Gasteiger partial charge < -0.3 is 4.57 Å². The maximum atomic E-state index is 12.6. The molecule has 0 radical (unpaired) electrons. The first-order valence-corrected chi connectivity index (χ1v) is 11.0. The second-order valence-electron chi connectivity index (χ2n) is 8.20. The monoisotopic (exact) mass is 402 g/mol. The van der Waals surface area contributed by atoms with Crippen molar-refractivity contribution in [3.8, 4) is 0 Å². The van der Waals surface area contributed by atoms with Crippen molar-refractivity contribution in [2.45, 2.75) is 65.3 Å². The van der Waals surface area contributed by atoms with Crippen LogP contribution in [-0.2, 0) is 6.54 Å². The number of fused-ring (bicyclic) bond motifs is 1. The van der Waals surface area contributed by atoms with Gasteiger partial charge in [-0.25, -0.2) is 10.4 Å². The number of hydrogen-bond acceptors (Lipinski definition) is 3. The summed E-state index contributed by atoms with van der Waals surface area (Å²) in [4.78, 5) is 17.2. The summed E-state index contributed by atoms with van der Waals surface area (Å²) in [5, 5.41) is 4.32. The topological polar surface area (TPSA) is 59.3 Å². The van der Waals surface area contributed by atoms with Gasteiger partial charge in [-0.15, -0.1) is 0 Å². The van der Waals surface area contributed by atoms with Gasteiger partial charge in [0.1, 0.15) is 5.82 Å². The zero-order chi connectivity index (χ0) is 21.1. The maximum Gasteiger partial charge on any atom is 0.271 e. The van der Waals surface area contributed by atoms with Gasteiger partial charge in [0, 0.05) is 12.1 Å². The molecule has 1 aliphatic carbocycles. The highest BCUT2D eigenvalue weighted by Gasteiger charge is 2.15. The van der Waals surface area contributed by atoms with Crippen molar-refractivity contribution in [3.63, 3.8) is 0 Å². The number of carbonyl (C=O) groups excluding carboxylic acids is 1. The quantitative estimate of drug-likeness (QED) is 0.448. The van der Waals surface area contributed by atoms with Crippen LogP contribution in [0.3, 0.4) is 0 Å². The lowest BCUT2D eigenvalue weighted by molar-refractivity contribution is 0.0955. The van der Waals surface area contributed by atoms with E-state index < -0.39 is 0 Å². The third kappa shape index (κ3) is 4.16. The maximum absolute atomic E-state index is 12.6. The van der Waals surface area contributed by atoms with Crippen molar-refractivity contribution in [2.24, 2.45) is 5.10 Å². The van der Waals surface area contributed by atoms with Crippen LogP contribution < -0.4 is 5.43 Å². The van der Waals surface area contributed by atoms with E-state index in [4.69, 9.17) is 0 Å². The van der Waals surface area contributed by atoms with Crippen LogP contribution >= 0.6 is 0 Å². The second-order valence-corrected chi connectivity index (χ2v) is 8.20. The number of nitrogens with zero attached hydrogens (tertiary/aromatic N) is 3. The van der Waals surface area contributed by atoms with E-state index in [-0.39, 0.29) is 5.91 Å². The molecule has 0 saturated heterocycles. The van der Waals surface area contributed by atoms with E-state index in [1.165, 1.54) is 37.7 Å². The largest absolute Gasteiger partial charge is 0.329 e. The molecular formula is C25H30N4O. The van der Waals surface area contributed by atoms with Gasteiger partial charge in [-0.05, 0) is 68.9 Å². The smallest absolute Gasteiger partial charge is 0.271 e. The number of carbonyl (C=O) groups is 1. The average Bonchev–Trinajstić information content (AvgIpc) is 3.11. The molecule has 1 heterocycles. The Balaban J connectivity index is 1.44. The zero-order valence-corrected chi connectivity index (χ0v) is 18.1. The summed E-state index contributed by atoms with van der Waals surface area (Å²) in [7, 11) is 0. The Morgan fingerprint density at radius 2 is 1.80 bits per heavy atom. The van der Waals surface area contributed by atoms with Crippen LogP contribution in [0.5, 0.6) is 0 Å². The van der Waals surface area contributed by atoms with E-state index in [0.29, 0.717) is 11.5 Å². The number of hydrazone groups is 1. The lowest BCUT2D eigenvalue weighted by Gasteiger charge is -2.22. The highest BCUT2D eigenvalue weighted by atomic mass is 16.2. The van der Waals surface area contributed by atoms with Crippen molar-refractivity contribution < 1.29 is 4.79 Å². The van der Waals surface area contributed by atoms with Crippen LogP contribution in [-0.4, -0.2) is 21.2 Å². The molecule has 1 N–H and O–H groups in total. The van der Waals surface area contributed by atoms with Crippen LogP contribution in [0.1, 0.15) is 79.2 Å². The van der Waals surface area contributed by atoms with Gasteiger partial charge in [-0.2, -0.15) is 5.10 Å². The van der Waals surface area contributed by atoms with Crippen molar-refractivity contribution in [3.05, 3.63) is 65.0 Å². The Labute approximate surface area is 178 Å². The lowest BCUT2D eigenvalue weighted by Crippen LogP contribution is -2.19. The molecule has 5 heteroatoms. The van der Waals surface area contributed by atoms with Crippen LogP contribution in [0, 0.1) is 6.92 Å². The number of aromatic nitrogens is 2. The standard InChI is InChI=1S/C25H30N4O/c1-4-29-18(3)26-23-16-22(14-15-24(23)29)25(30)28-27-17(2)19-10-12-21(13-11-19)20-8-6-5-7-9-20/h10-16,20H,4-9H2,1-3H3,(H,28,30). The van der Waals surface area contributed by atoms with Gasteiger partial charge in [-0.1, -0.05) is 43.5 Å². The summed E-state index contributed by atoms with van der Waals surface area (Å²) in [6, 6.07) is 14.3. The fraction of sp³-hybridized carbons (Fsp3) is 0.400. The summed E-state index contributed by atoms with van der Waals surface area (Å²) in [5.41, 5.74) is 8.38. The minimum absolute atomic E-state index is 0.223. The summed E-state index contributed by atoms with van der Waals surface area (Å²) >= 11 is 0. The molecule has 4 rings (SSSR count). The SMILES string of the molecule is CCn1c(C)nc2cc(C(=O)NN=C(C)c3ccc(C4CCCCC4)cc3)ccc21. The number of amides is 1. The predicted octanol–water partition coefficient (Wildman–Crippen LogP) is 5.57. The zero-order valence-electron chi connectivity index (χ0n) is 18.1. The molecule has 1 saturated carbocycles. The van der Waals surface area contributed by atoms with E-state index in [1.807, 2.05) is 32.0 Å². The first-order chi connectivity index (χ1) is 14.6. The summed E-state index contributed by atoms with van der Waals surface area (Å²) in [5.74, 6) is 1.42. The summed E-state index contributed by atoms with van der Waals surface area (Å²) < 4.78 is 2.14. The molecule has 1 aliphatic rings. The molecule has 1 fully saturated rings. The van der Waals surface area contributed by atoms with Gasteiger partial charge in [0.15, 0.2) is 0 Å². The minimum Gasteiger partial charge on any atom is -0.329 e. The molecule has 0 bridgehead atoms. The molecule has 0 spiro atoms. The third-order valence-corrected chi connectivity index (χ3v) is 6.25. The van der Waals surface area contributed by atoms with Crippen molar-refractivity contribution in [2.75, 3.05) is 0 Å². The van der Waals surface area contributed by atoms with Gasteiger partial charge in [0.05, 0.1) is 16.7 Å². The molecule has 30 heavy (non-hydrogen) atoms. The highest BCUT2D eigenvalue weighted by Crippen LogP contribution is 2.32. The third-order valence-electron chi connectivity index (χ3n) is 6.25.